The van der Waals surface area contributed by atoms with Gasteiger partial charge in [-0.05, 0) is 32.9 Å². The van der Waals surface area contributed by atoms with E-state index in [1.807, 2.05) is 0 Å². The normalized spacial score (nSPS) is 12.9. The van der Waals surface area contributed by atoms with Crippen LogP contribution in [0.25, 0.3) is 0 Å². The van der Waals surface area contributed by atoms with Crippen LogP contribution in [-0.4, -0.2) is 28.4 Å². The molecule has 0 fully saturated rings. The van der Waals surface area contributed by atoms with E-state index in [0.717, 1.165) is 0 Å². The molecule has 0 amide bonds. The molecule has 0 saturated heterocycles. The van der Waals surface area contributed by atoms with E-state index in [1.165, 1.54) is 12.4 Å². The third kappa shape index (κ3) is 3.96. The molecule has 1 atom stereocenters. The van der Waals surface area contributed by atoms with Crippen molar-refractivity contribution in [3.63, 3.8) is 0 Å². The minimum Gasteiger partial charge on any atom is -0.458 e. The first kappa shape index (κ1) is 13.3. The van der Waals surface area contributed by atoms with Gasteiger partial charge in [-0.2, -0.15) is 0 Å². The summed E-state index contributed by atoms with van der Waals surface area (Å²) in [4.78, 5) is 27.2. The van der Waals surface area contributed by atoms with Crippen LogP contribution in [0, 0.1) is 0 Å². The molecule has 5 heteroatoms. The van der Waals surface area contributed by atoms with Crippen LogP contribution in [0.4, 0.5) is 0 Å². The fourth-order valence-corrected chi connectivity index (χ4v) is 1.16. The van der Waals surface area contributed by atoms with Crippen LogP contribution >= 0.6 is 0 Å². The van der Waals surface area contributed by atoms with E-state index >= 15 is 0 Å². The van der Waals surface area contributed by atoms with Crippen LogP contribution in [0.2, 0.25) is 0 Å². The second-order valence-electron chi connectivity index (χ2n) is 4.62. The SMILES string of the molecule is CC(C)(C)OC(=O)C(N)C(=O)c1cccnc1. The first-order chi connectivity index (χ1) is 7.81. The second kappa shape index (κ2) is 5.05. The monoisotopic (exact) mass is 236 g/mol. The van der Waals surface area contributed by atoms with Crippen molar-refractivity contribution >= 4 is 11.8 Å². The molecule has 0 spiro atoms. The summed E-state index contributed by atoms with van der Waals surface area (Å²) in [5.41, 5.74) is 5.18. The molecule has 0 aliphatic rings. The fraction of sp³-hybridized carbons (Fsp3) is 0.417. The maximum Gasteiger partial charge on any atom is 0.331 e. The zero-order valence-corrected chi connectivity index (χ0v) is 10.1. The Kier molecular flexibility index (Phi) is 3.96. The van der Waals surface area contributed by atoms with Crippen LogP contribution in [-0.2, 0) is 9.53 Å². The van der Waals surface area contributed by atoms with Crippen LogP contribution in [0.15, 0.2) is 24.5 Å². The molecule has 0 bridgehead atoms. The van der Waals surface area contributed by atoms with Crippen molar-refractivity contribution in [3.8, 4) is 0 Å². The number of carbonyl (C=O) groups excluding carboxylic acids is 2. The first-order valence-electron chi connectivity index (χ1n) is 5.24. The summed E-state index contributed by atoms with van der Waals surface area (Å²) in [6, 6.07) is 1.85. The molecule has 92 valence electrons. The average Bonchev–Trinajstić information content (AvgIpc) is 2.26. The van der Waals surface area contributed by atoms with Gasteiger partial charge in [0.05, 0.1) is 0 Å². The van der Waals surface area contributed by atoms with Gasteiger partial charge in [-0.15, -0.1) is 0 Å². The number of hydrogen-bond donors (Lipinski definition) is 1. The number of esters is 1. The summed E-state index contributed by atoms with van der Waals surface area (Å²) < 4.78 is 5.04. The molecule has 1 aromatic heterocycles. The lowest BCUT2D eigenvalue weighted by atomic mass is 10.1. The molecular weight excluding hydrogens is 220 g/mol. The maximum absolute atomic E-state index is 11.8. The molecule has 1 aromatic rings. The molecule has 1 heterocycles. The lowest BCUT2D eigenvalue weighted by Gasteiger charge is -2.21. The van der Waals surface area contributed by atoms with Crippen LogP contribution < -0.4 is 5.73 Å². The minimum absolute atomic E-state index is 0.297. The average molecular weight is 236 g/mol. The highest BCUT2D eigenvalue weighted by Gasteiger charge is 2.28. The summed E-state index contributed by atoms with van der Waals surface area (Å²) in [7, 11) is 0. The van der Waals surface area contributed by atoms with Crippen LogP contribution in [0.3, 0.4) is 0 Å². The van der Waals surface area contributed by atoms with Gasteiger partial charge in [0.15, 0.2) is 11.8 Å². The van der Waals surface area contributed by atoms with E-state index in [4.69, 9.17) is 10.5 Å². The van der Waals surface area contributed by atoms with E-state index < -0.39 is 23.4 Å². The highest BCUT2D eigenvalue weighted by Crippen LogP contribution is 2.10. The second-order valence-corrected chi connectivity index (χ2v) is 4.62. The Labute approximate surface area is 100.0 Å². The number of ketones is 1. The zero-order chi connectivity index (χ0) is 13.1. The van der Waals surface area contributed by atoms with Gasteiger partial charge in [0.1, 0.15) is 5.60 Å². The third-order valence-corrected chi connectivity index (χ3v) is 1.89. The summed E-state index contributed by atoms with van der Waals surface area (Å²) in [6.45, 7) is 5.14. The molecule has 17 heavy (non-hydrogen) atoms. The molecule has 2 N–H and O–H groups in total. The van der Waals surface area contributed by atoms with Crippen LogP contribution in [0.5, 0.6) is 0 Å². The quantitative estimate of drug-likeness (QED) is 0.479. The number of pyridine rings is 1. The summed E-state index contributed by atoms with van der Waals surface area (Å²) >= 11 is 0. The standard InChI is InChI=1S/C12H16N2O3/c1-12(2,3)17-11(16)9(13)10(15)8-5-4-6-14-7-8/h4-7,9H,13H2,1-3H3. The Hall–Kier alpha value is -1.75. The number of ether oxygens (including phenoxy) is 1. The zero-order valence-electron chi connectivity index (χ0n) is 10.1. The van der Waals surface area contributed by atoms with Gasteiger partial charge in [-0.1, -0.05) is 0 Å². The van der Waals surface area contributed by atoms with Crippen molar-refractivity contribution in [1.82, 2.24) is 4.98 Å². The molecule has 0 aliphatic carbocycles. The molecule has 0 radical (unpaired) electrons. The van der Waals surface area contributed by atoms with E-state index in [9.17, 15) is 9.59 Å². The van der Waals surface area contributed by atoms with Crippen molar-refractivity contribution in [2.24, 2.45) is 5.73 Å². The van der Waals surface area contributed by atoms with Crippen molar-refractivity contribution in [2.45, 2.75) is 32.4 Å². The molecular formula is C12H16N2O3. The minimum atomic E-state index is -1.31. The van der Waals surface area contributed by atoms with Gasteiger partial charge >= 0.3 is 5.97 Å². The topological polar surface area (TPSA) is 82.3 Å². The summed E-state index contributed by atoms with van der Waals surface area (Å²) in [6.07, 6.45) is 2.91. The largest absolute Gasteiger partial charge is 0.458 e. The Morgan fingerprint density at radius 1 is 1.41 bits per heavy atom. The van der Waals surface area contributed by atoms with Crippen molar-refractivity contribution < 1.29 is 14.3 Å². The van der Waals surface area contributed by atoms with E-state index in [1.54, 1.807) is 32.9 Å². The van der Waals surface area contributed by atoms with Gasteiger partial charge in [0, 0.05) is 18.0 Å². The maximum atomic E-state index is 11.8. The Morgan fingerprint density at radius 3 is 2.53 bits per heavy atom. The lowest BCUT2D eigenvalue weighted by molar-refractivity contribution is -0.155. The van der Waals surface area contributed by atoms with E-state index in [0.29, 0.717) is 5.56 Å². The smallest absolute Gasteiger partial charge is 0.331 e. The van der Waals surface area contributed by atoms with Crippen molar-refractivity contribution in [3.05, 3.63) is 30.1 Å². The van der Waals surface area contributed by atoms with Gasteiger partial charge in [-0.3, -0.25) is 9.78 Å². The number of nitrogens with two attached hydrogens (primary N) is 1. The predicted molar refractivity (Wildman–Crippen MR) is 62.4 cm³/mol. The number of Topliss-reactive ketones (excluding diaryl/α,β-unsaturated/α-hetero) is 1. The third-order valence-electron chi connectivity index (χ3n) is 1.89. The van der Waals surface area contributed by atoms with Gasteiger partial charge in [-0.25, -0.2) is 4.79 Å². The Balaban J connectivity index is 2.74. The van der Waals surface area contributed by atoms with E-state index in [2.05, 4.69) is 4.98 Å². The highest BCUT2D eigenvalue weighted by atomic mass is 16.6. The number of nitrogens with zero attached hydrogens (tertiary/aromatic N) is 1. The van der Waals surface area contributed by atoms with Gasteiger partial charge < -0.3 is 10.5 Å². The molecule has 1 rings (SSSR count). The molecule has 0 aliphatic heterocycles. The van der Waals surface area contributed by atoms with Crippen molar-refractivity contribution in [2.75, 3.05) is 0 Å². The van der Waals surface area contributed by atoms with Gasteiger partial charge in [0.2, 0.25) is 0 Å². The fourth-order valence-electron chi connectivity index (χ4n) is 1.16. The van der Waals surface area contributed by atoms with E-state index in [-0.39, 0.29) is 0 Å². The molecule has 0 aromatic carbocycles. The highest BCUT2D eigenvalue weighted by molar-refractivity contribution is 6.11. The number of carbonyl (C=O) groups is 2. The molecule has 5 nitrogen and oxygen atoms in total. The van der Waals surface area contributed by atoms with Gasteiger partial charge in [0.25, 0.3) is 0 Å². The molecule has 1 unspecified atom stereocenters. The predicted octanol–water partition coefficient (Wildman–Crippen LogP) is 0.933. The number of aromatic nitrogens is 1. The Morgan fingerprint density at radius 2 is 2.06 bits per heavy atom. The summed E-state index contributed by atoms with van der Waals surface area (Å²) in [5.74, 6) is -1.22. The number of hydrogen-bond acceptors (Lipinski definition) is 5. The lowest BCUT2D eigenvalue weighted by Crippen LogP contribution is -2.43. The summed E-state index contributed by atoms with van der Waals surface area (Å²) in [5, 5.41) is 0. The first-order valence-corrected chi connectivity index (χ1v) is 5.24. The van der Waals surface area contributed by atoms with Crippen molar-refractivity contribution in [1.29, 1.82) is 0 Å². The van der Waals surface area contributed by atoms with Crippen LogP contribution in [0.1, 0.15) is 31.1 Å². The number of rotatable bonds is 3. The Bertz CT molecular complexity index is 410. The molecule has 0 saturated carbocycles.